The fourth-order valence-corrected chi connectivity index (χ4v) is 4.34. The van der Waals surface area contributed by atoms with Crippen molar-refractivity contribution in [3.63, 3.8) is 0 Å². The normalized spacial score (nSPS) is 13.9. The van der Waals surface area contributed by atoms with Crippen molar-refractivity contribution in [1.82, 2.24) is 0 Å². The number of sulfone groups is 1. The molecule has 0 saturated heterocycles. The molecule has 0 aliphatic carbocycles. The monoisotopic (exact) mass is 570 g/mol. The summed E-state index contributed by atoms with van der Waals surface area (Å²) in [5.41, 5.74) is 0.0955. The Morgan fingerprint density at radius 1 is 0.686 bits per heavy atom. The van der Waals surface area contributed by atoms with E-state index in [9.17, 15) is 65.3 Å². The van der Waals surface area contributed by atoms with Crippen LogP contribution in [0.4, 0.5) is 43.9 Å². The third kappa shape index (κ3) is 4.82. The molecule has 0 unspecified atom stereocenters. The van der Waals surface area contributed by atoms with E-state index in [2.05, 4.69) is 0 Å². The van der Waals surface area contributed by atoms with Crippen molar-refractivity contribution < 1.29 is 94.8 Å². The van der Waals surface area contributed by atoms with E-state index in [4.69, 9.17) is 0 Å². The van der Waals surface area contributed by atoms with Crippen LogP contribution in [-0.4, -0.2) is 43.7 Å². The molecule has 2 aromatic carbocycles. The first-order valence-electron chi connectivity index (χ1n) is 8.31. The van der Waals surface area contributed by atoms with Crippen LogP contribution in [0.1, 0.15) is 5.56 Å². The Balaban J connectivity index is 0.00000612. The number of hydrogen-bond donors (Lipinski definition) is 0. The number of benzene rings is 2. The summed E-state index contributed by atoms with van der Waals surface area (Å²) < 4.78 is 193. The molecule has 0 atom stereocenters. The number of alkyl halides is 8. The minimum absolute atomic E-state index is 0. The summed E-state index contributed by atoms with van der Waals surface area (Å²) in [4.78, 5) is -2.89. The van der Waals surface area contributed by atoms with Crippen molar-refractivity contribution in [1.29, 1.82) is 0 Å². The van der Waals surface area contributed by atoms with Crippen LogP contribution in [0.2, 0.25) is 0 Å². The number of rotatable bonds is 7. The minimum atomic E-state index is -7.85. The van der Waals surface area contributed by atoms with Crippen LogP contribution in [0.15, 0.2) is 41.3 Å². The Hall–Kier alpha value is -1.40. The van der Waals surface area contributed by atoms with E-state index in [0.717, 1.165) is 0 Å². The third-order valence-electron chi connectivity index (χ3n) is 4.43. The fraction of sp³-hybridized carbons (Fsp3) is 0.294. The van der Waals surface area contributed by atoms with Crippen molar-refractivity contribution >= 4 is 20.0 Å². The van der Waals surface area contributed by atoms with Gasteiger partial charge in [0.25, 0.3) is 9.84 Å². The van der Waals surface area contributed by atoms with Gasteiger partial charge < -0.3 is 4.55 Å². The van der Waals surface area contributed by atoms with Crippen LogP contribution in [-0.2, 0) is 20.0 Å². The van der Waals surface area contributed by atoms with Gasteiger partial charge in [-0.25, -0.2) is 25.6 Å². The molecule has 0 aliphatic heterocycles. The van der Waals surface area contributed by atoms with Crippen molar-refractivity contribution in [2.24, 2.45) is 0 Å². The summed E-state index contributed by atoms with van der Waals surface area (Å²) in [7, 11) is -15.4. The molecule has 5 nitrogen and oxygen atoms in total. The van der Waals surface area contributed by atoms with E-state index in [0.29, 0.717) is 5.56 Å². The molecule has 0 aromatic heterocycles. The first-order chi connectivity index (χ1) is 15.0. The molecule has 0 fully saturated rings. The molecule has 0 saturated carbocycles. The number of halogens is 10. The second-order valence-corrected chi connectivity index (χ2v) is 10.1. The van der Waals surface area contributed by atoms with Crippen LogP contribution < -0.4 is 29.6 Å². The molecular formula is C17H9F10NaO5S2. The second-order valence-electron chi connectivity index (χ2n) is 6.77. The van der Waals surface area contributed by atoms with Gasteiger partial charge in [0.1, 0.15) is 16.5 Å². The predicted molar refractivity (Wildman–Crippen MR) is 93.2 cm³/mol. The van der Waals surface area contributed by atoms with E-state index >= 15 is 0 Å². The molecule has 2 rings (SSSR count). The first kappa shape index (κ1) is 31.6. The molecule has 0 bridgehead atoms. The number of aryl methyl sites for hydroxylation is 1. The molecule has 0 N–H and O–H groups in total. The Labute approximate surface area is 213 Å². The van der Waals surface area contributed by atoms with E-state index in [1.165, 1.54) is 24.3 Å². The molecule has 18 heteroatoms. The van der Waals surface area contributed by atoms with Crippen LogP contribution in [0.25, 0.3) is 11.1 Å². The first-order valence-corrected chi connectivity index (χ1v) is 11.2. The van der Waals surface area contributed by atoms with Gasteiger partial charge in [0.2, 0.25) is 0 Å². The molecule has 35 heavy (non-hydrogen) atoms. The van der Waals surface area contributed by atoms with Crippen molar-refractivity contribution in [2.45, 2.75) is 34.2 Å². The smallest absolute Gasteiger partial charge is 0.743 e. The molecule has 0 amide bonds. The van der Waals surface area contributed by atoms with Crippen molar-refractivity contribution in [2.75, 3.05) is 0 Å². The summed E-state index contributed by atoms with van der Waals surface area (Å²) in [5, 5.41) is -14.9. The third-order valence-corrected chi connectivity index (χ3v) is 7.17. The molecule has 190 valence electrons. The number of hydrogen-bond acceptors (Lipinski definition) is 5. The van der Waals surface area contributed by atoms with Gasteiger partial charge in [-0.05, 0) is 30.2 Å². The summed E-state index contributed by atoms with van der Waals surface area (Å²) in [6.45, 7) is 1.60. The van der Waals surface area contributed by atoms with E-state index in [-0.39, 0.29) is 47.3 Å². The van der Waals surface area contributed by atoms with Gasteiger partial charge in [-0.15, -0.1) is 0 Å². The van der Waals surface area contributed by atoms with Crippen LogP contribution in [0, 0.1) is 18.6 Å². The SMILES string of the molecule is Cc1ccc(-c2cc(F)c(S(=O)(=O)C(F)(F)C(F)(F)C(F)(F)C(F)(F)S(=O)(=O)[O-])c(F)c2)cc1.[Na+]. The summed E-state index contributed by atoms with van der Waals surface area (Å²) >= 11 is 0. The second kappa shape index (κ2) is 9.48. The maximum atomic E-state index is 14.3. The zero-order valence-electron chi connectivity index (χ0n) is 17.1. The average molecular weight is 570 g/mol. The largest absolute Gasteiger partial charge is 1.00 e. The Morgan fingerprint density at radius 3 is 1.43 bits per heavy atom. The van der Waals surface area contributed by atoms with Gasteiger partial charge in [-0.3, -0.25) is 0 Å². The van der Waals surface area contributed by atoms with Crippen LogP contribution in [0.5, 0.6) is 0 Å². The summed E-state index contributed by atoms with van der Waals surface area (Å²) in [6.07, 6.45) is 0. The summed E-state index contributed by atoms with van der Waals surface area (Å²) in [5.74, 6) is -20.7. The van der Waals surface area contributed by atoms with Gasteiger partial charge in [-0.1, -0.05) is 29.8 Å². The summed E-state index contributed by atoms with van der Waals surface area (Å²) in [6, 6.07) is 5.38. The van der Waals surface area contributed by atoms with Gasteiger partial charge in [-0.2, -0.15) is 35.1 Å². The fourth-order valence-electron chi connectivity index (χ4n) is 2.55. The molecule has 0 radical (unpaired) electrons. The van der Waals surface area contributed by atoms with Crippen LogP contribution in [0.3, 0.4) is 0 Å². The molecule has 0 heterocycles. The Morgan fingerprint density at radius 2 is 1.06 bits per heavy atom. The zero-order valence-corrected chi connectivity index (χ0v) is 20.7. The predicted octanol–water partition coefficient (Wildman–Crippen LogP) is 1.72. The maximum absolute atomic E-state index is 14.3. The van der Waals surface area contributed by atoms with E-state index in [1.807, 2.05) is 0 Å². The van der Waals surface area contributed by atoms with Gasteiger partial charge >= 0.3 is 51.9 Å². The molecule has 0 spiro atoms. The Bertz CT molecular complexity index is 1300. The van der Waals surface area contributed by atoms with Crippen molar-refractivity contribution in [3.8, 4) is 11.1 Å². The van der Waals surface area contributed by atoms with Crippen molar-refractivity contribution in [3.05, 3.63) is 53.6 Å². The zero-order chi connectivity index (χ0) is 26.7. The minimum Gasteiger partial charge on any atom is -0.743 e. The molecule has 0 aliphatic rings. The topological polar surface area (TPSA) is 91.3 Å². The van der Waals surface area contributed by atoms with Gasteiger partial charge in [0.05, 0.1) is 0 Å². The maximum Gasteiger partial charge on any atom is 1.00 e. The quantitative estimate of drug-likeness (QED) is 0.288. The van der Waals surface area contributed by atoms with E-state index < -0.39 is 64.4 Å². The molecule has 2 aromatic rings. The molecular weight excluding hydrogens is 561 g/mol. The Kier molecular flexibility index (Phi) is 8.57. The average Bonchev–Trinajstić information content (AvgIpc) is 2.66. The van der Waals surface area contributed by atoms with Crippen LogP contribution >= 0.6 is 0 Å². The van der Waals surface area contributed by atoms with E-state index in [1.54, 1.807) is 6.92 Å². The van der Waals surface area contributed by atoms with Gasteiger partial charge in [0.15, 0.2) is 10.1 Å². The van der Waals surface area contributed by atoms with Gasteiger partial charge in [0, 0.05) is 0 Å². The standard InChI is InChI=1S/C17H10F10O5S2.Na/c1-8-2-4-9(5-3-8)10-6-11(18)13(12(19)7-10)33(28,29)16(24,25)14(20,21)15(22,23)17(26,27)34(30,31)32;/h2-7H,1H3,(H,30,31,32);/q;+1/p-1.